The monoisotopic (exact) mass is 509 g/mol. The van der Waals surface area contributed by atoms with E-state index in [2.05, 4.69) is 91.0 Å². The summed E-state index contributed by atoms with van der Waals surface area (Å²) in [4.78, 5) is 0. The number of halogens is 2. The largest absolute Gasteiger partial charge is 2.00 e. The number of rotatable bonds is 4. The summed E-state index contributed by atoms with van der Waals surface area (Å²) in [6, 6.07) is 0. The van der Waals surface area contributed by atoms with Crippen LogP contribution in [0.2, 0.25) is 0 Å². The van der Waals surface area contributed by atoms with Crippen molar-refractivity contribution in [1.82, 2.24) is 0 Å². The Balaban J connectivity index is -0.000000335. The van der Waals surface area contributed by atoms with E-state index in [1.807, 2.05) is 0 Å². The van der Waals surface area contributed by atoms with Crippen LogP contribution in [0.1, 0.15) is 87.0 Å². The predicted molar refractivity (Wildman–Crippen MR) is 115 cm³/mol. The summed E-state index contributed by atoms with van der Waals surface area (Å²) >= 11 is 0. The molecule has 0 atom stereocenters. The van der Waals surface area contributed by atoms with Crippen LogP contribution >= 0.6 is 0 Å². The third-order valence-corrected chi connectivity index (χ3v) is 5.13. The molecule has 0 N–H and O–H groups in total. The van der Waals surface area contributed by atoms with Crippen LogP contribution in [-0.4, -0.2) is 0 Å². The molecule has 0 aliphatic heterocycles. The van der Waals surface area contributed by atoms with Crippen LogP contribution in [0.25, 0.3) is 0 Å². The van der Waals surface area contributed by atoms with E-state index in [1.54, 1.807) is 0 Å². The molecule has 3 heteroatoms. The summed E-state index contributed by atoms with van der Waals surface area (Å²) in [7, 11) is 0. The second-order valence-electron chi connectivity index (χ2n) is 7.74. The van der Waals surface area contributed by atoms with Gasteiger partial charge in [0.25, 0.3) is 0 Å². The van der Waals surface area contributed by atoms with E-state index in [1.165, 1.54) is 53.5 Å². The second kappa shape index (κ2) is 17.6. The fraction of sp³-hybridized carbons (Fsp3) is 0.538. The van der Waals surface area contributed by atoms with Crippen LogP contribution in [0.4, 0.5) is 0 Å². The molecule has 0 aromatic rings. The maximum Gasteiger partial charge on any atom is 2.00 e. The minimum absolute atomic E-state index is 0. The van der Waals surface area contributed by atoms with Gasteiger partial charge in [-0.3, -0.25) is 18.2 Å². The summed E-state index contributed by atoms with van der Waals surface area (Å²) in [5, 5.41) is 0. The molecule has 0 amide bonds. The average Bonchev–Trinajstić information content (AvgIpc) is 3.31. The first-order chi connectivity index (χ1) is 12.3. The van der Waals surface area contributed by atoms with Crippen LogP contribution in [0.5, 0.6) is 0 Å². The van der Waals surface area contributed by atoms with E-state index in [0.717, 1.165) is 12.8 Å². The third kappa shape index (κ3) is 12.4. The molecule has 3 aliphatic rings. The van der Waals surface area contributed by atoms with E-state index >= 15 is 0 Å². The van der Waals surface area contributed by atoms with Crippen LogP contribution in [0.15, 0.2) is 52.2 Å². The zero-order chi connectivity index (χ0) is 19.6. The fourth-order valence-corrected chi connectivity index (χ4v) is 3.19. The van der Waals surface area contributed by atoms with E-state index in [-0.39, 0.29) is 56.4 Å². The molecule has 162 valence electrons. The van der Waals surface area contributed by atoms with Gasteiger partial charge in [0.05, 0.1) is 0 Å². The Hall–Kier alpha value is -0.0969. The van der Waals surface area contributed by atoms with Crippen molar-refractivity contribution in [2.24, 2.45) is 5.41 Å². The van der Waals surface area contributed by atoms with Gasteiger partial charge in [-0.1, -0.05) is 72.6 Å². The molecule has 0 aromatic carbocycles. The molecule has 0 nitrogen and oxygen atoms in total. The van der Waals surface area contributed by atoms with Crippen molar-refractivity contribution in [1.29, 1.82) is 0 Å². The summed E-state index contributed by atoms with van der Waals surface area (Å²) in [6.45, 7) is 15.3. The van der Waals surface area contributed by atoms with Crippen molar-refractivity contribution in [2.45, 2.75) is 87.0 Å². The molecule has 0 heterocycles. The summed E-state index contributed by atoms with van der Waals surface area (Å²) in [5.41, 5.74) is 7.19. The topological polar surface area (TPSA) is 0 Å². The minimum atomic E-state index is 0. The first-order valence-corrected chi connectivity index (χ1v) is 10.1. The van der Waals surface area contributed by atoms with Gasteiger partial charge in [0.2, 0.25) is 0 Å². The molecule has 0 radical (unpaired) electrons. The van der Waals surface area contributed by atoms with Crippen molar-refractivity contribution in [3.63, 3.8) is 0 Å². The van der Waals surface area contributed by atoms with Crippen molar-refractivity contribution in [2.75, 3.05) is 0 Å². The molecule has 3 aliphatic carbocycles. The Morgan fingerprint density at radius 3 is 1.41 bits per heavy atom. The third-order valence-electron chi connectivity index (χ3n) is 5.13. The molecule has 0 fully saturated rings. The summed E-state index contributed by atoms with van der Waals surface area (Å²) < 4.78 is 0. The Labute approximate surface area is 212 Å². The maximum absolute atomic E-state index is 3.44. The van der Waals surface area contributed by atoms with E-state index in [4.69, 9.17) is 0 Å². The average molecular weight is 512 g/mol. The van der Waals surface area contributed by atoms with Crippen LogP contribution in [-0.2, 0) is 26.2 Å². The van der Waals surface area contributed by atoms with Gasteiger partial charge in [-0.15, -0.1) is 19.8 Å². The number of allylic oxidation sites excluding steroid dienone is 12. The standard InChI is InChI=1S/C10H15.2C8H11.2ClH.Zr/c1-7-6-10(4,5)9(3)8(7)2;2*1-2-5-8-6-3-4-7-8;;;/h1-5H3;2*3,6H,2,4-5H2,1H3;2*1H;/q3*-1;;;+2/p-2. The zero-order valence-electron chi connectivity index (χ0n) is 19.3. The van der Waals surface area contributed by atoms with Gasteiger partial charge in [0.15, 0.2) is 0 Å². The molecule has 0 unspecified atom stereocenters. The quantitative estimate of drug-likeness (QED) is 0.507. The van der Waals surface area contributed by atoms with E-state index < -0.39 is 0 Å². The van der Waals surface area contributed by atoms with Crippen LogP contribution < -0.4 is 24.8 Å². The van der Waals surface area contributed by atoms with Gasteiger partial charge in [-0.05, 0) is 0 Å². The molecular weight excluding hydrogens is 474 g/mol. The minimum Gasteiger partial charge on any atom is -1.00 e. The van der Waals surface area contributed by atoms with E-state index in [9.17, 15) is 0 Å². The number of hydrogen-bond acceptors (Lipinski definition) is 0. The molecule has 0 bridgehead atoms. The maximum atomic E-state index is 3.44. The molecular formula is C26H37Cl2Zr-3. The molecule has 3 rings (SSSR count). The Morgan fingerprint density at radius 1 is 0.828 bits per heavy atom. The molecule has 0 aromatic heterocycles. The predicted octanol–water partition coefficient (Wildman–Crippen LogP) is 2.07. The summed E-state index contributed by atoms with van der Waals surface area (Å²) in [6.07, 6.45) is 25.6. The Bertz CT molecular complexity index is 612. The van der Waals surface area contributed by atoms with Gasteiger partial charge in [0, 0.05) is 0 Å². The molecule has 0 saturated heterocycles. The van der Waals surface area contributed by atoms with Crippen molar-refractivity contribution < 1.29 is 51.0 Å². The first kappa shape index (κ1) is 33.5. The molecule has 29 heavy (non-hydrogen) atoms. The Kier molecular flexibility index (Phi) is 20.3. The van der Waals surface area contributed by atoms with Gasteiger partial charge < -0.3 is 24.8 Å². The van der Waals surface area contributed by atoms with Crippen LogP contribution in [0, 0.1) is 23.6 Å². The van der Waals surface area contributed by atoms with Crippen molar-refractivity contribution in [3.05, 3.63) is 70.4 Å². The Morgan fingerprint density at radius 2 is 1.24 bits per heavy atom. The first-order valence-electron chi connectivity index (χ1n) is 10.1. The second-order valence-corrected chi connectivity index (χ2v) is 7.74. The zero-order valence-corrected chi connectivity index (χ0v) is 23.3. The van der Waals surface area contributed by atoms with Gasteiger partial charge in [0.1, 0.15) is 0 Å². The molecule has 0 saturated carbocycles. The van der Waals surface area contributed by atoms with Crippen LogP contribution in [0.3, 0.4) is 0 Å². The fourth-order valence-electron chi connectivity index (χ4n) is 3.19. The molecule has 0 spiro atoms. The van der Waals surface area contributed by atoms with E-state index in [0.29, 0.717) is 0 Å². The SMILES string of the molecule is CC1=[C-]C(C)(C)C(C)=C1C.CCCC1=[C-]CC=C1.CCCC1=[C-]CC=C1.[Cl-].[Cl-].[Zr+2]. The summed E-state index contributed by atoms with van der Waals surface area (Å²) in [5.74, 6) is 0. The van der Waals surface area contributed by atoms with Crippen molar-refractivity contribution in [3.8, 4) is 0 Å². The number of hydrogen-bond donors (Lipinski definition) is 0. The smallest absolute Gasteiger partial charge is 1.00 e. The normalized spacial score (nSPS) is 17.4. The van der Waals surface area contributed by atoms with Gasteiger partial charge in [-0.2, -0.15) is 23.3 Å². The van der Waals surface area contributed by atoms with Gasteiger partial charge >= 0.3 is 26.2 Å². The van der Waals surface area contributed by atoms with Gasteiger partial charge in [-0.25, -0.2) is 28.9 Å². The van der Waals surface area contributed by atoms with Crippen molar-refractivity contribution >= 4 is 0 Å².